The molecule has 5 heteroatoms. The minimum absolute atomic E-state index is 0.168. The molecule has 0 aliphatic carbocycles. The molecule has 0 fully saturated rings. The Kier molecular flexibility index (Phi) is 5.32. The Morgan fingerprint density at radius 3 is 3.13 bits per heavy atom. The van der Waals surface area contributed by atoms with Crippen LogP contribution in [0.4, 0.5) is 0 Å². The summed E-state index contributed by atoms with van der Waals surface area (Å²) < 4.78 is 4.53. The number of nitrogens with one attached hydrogen (secondary N) is 1. The second-order valence-electron chi connectivity index (χ2n) is 3.06. The van der Waals surface area contributed by atoms with Crippen molar-refractivity contribution in [2.45, 2.75) is 19.4 Å². The van der Waals surface area contributed by atoms with Gasteiger partial charge in [-0.15, -0.1) is 0 Å². The predicted octanol–water partition coefficient (Wildman–Crippen LogP) is 0.519. The molecule has 1 N–H and O–H groups in total. The van der Waals surface area contributed by atoms with E-state index in [0.717, 1.165) is 18.7 Å². The van der Waals surface area contributed by atoms with E-state index in [1.165, 1.54) is 13.4 Å². The van der Waals surface area contributed by atoms with Gasteiger partial charge in [0.05, 0.1) is 12.8 Å². The fraction of sp³-hybridized carbons (Fsp3) is 0.500. The lowest BCUT2D eigenvalue weighted by Crippen LogP contribution is -2.16. The van der Waals surface area contributed by atoms with Crippen LogP contribution in [0.5, 0.6) is 0 Å². The van der Waals surface area contributed by atoms with Crippen LogP contribution < -0.4 is 5.32 Å². The quantitative estimate of drug-likeness (QED) is 0.546. The maximum absolute atomic E-state index is 10.8. The van der Waals surface area contributed by atoms with Crippen LogP contribution in [-0.2, 0) is 16.1 Å². The van der Waals surface area contributed by atoms with Gasteiger partial charge < -0.3 is 10.1 Å². The smallest absolute Gasteiger partial charge is 0.305 e. The van der Waals surface area contributed by atoms with Crippen LogP contribution in [0.2, 0.25) is 0 Å². The summed E-state index contributed by atoms with van der Waals surface area (Å²) in [4.78, 5) is 18.7. The maximum atomic E-state index is 10.8. The van der Waals surface area contributed by atoms with Gasteiger partial charge in [0.15, 0.2) is 0 Å². The average Bonchev–Trinajstić information content (AvgIpc) is 2.29. The zero-order chi connectivity index (χ0) is 10.9. The summed E-state index contributed by atoms with van der Waals surface area (Å²) in [5.74, 6) is -0.168. The summed E-state index contributed by atoms with van der Waals surface area (Å²) in [5, 5.41) is 3.18. The van der Waals surface area contributed by atoms with Crippen molar-refractivity contribution in [1.29, 1.82) is 0 Å². The Morgan fingerprint density at radius 2 is 2.47 bits per heavy atom. The van der Waals surface area contributed by atoms with Crippen LogP contribution in [-0.4, -0.2) is 29.6 Å². The summed E-state index contributed by atoms with van der Waals surface area (Å²) in [6.45, 7) is 1.47. The fourth-order valence-electron chi connectivity index (χ4n) is 1.10. The minimum Gasteiger partial charge on any atom is -0.469 e. The molecule has 0 saturated heterocycles. The molecule has 15 heavy (non-hydrogen) atoms. The molecule has 0 saturated carbocycles. The van der Waals surface area contributed by atoms with Gasteiger partial charge in [-0.05, 0) is 19.0 Å². The van der Waals surface area contributed by atoms with E-state index in [4.69, 9.17) is 0 Å². The van der Waals surface area contributed by atoms with Gasteiger partial charge in [0, 0.05) is 19.2 Å². The number of aromatic nitrogens is 2. The summed E-state index contributed by atoms with van der Waals surface area (Å²) in [6, 6.07) is 1.85. The van der Waals surface area contributed by atoms with Crippen LogP contribution in [0, 0.1) is 0 Å². The summed E-state index contributed by atoms with van der Waals surface area (Å²) in [7, 11) is 1.40. The van der Waals surface area contributed by atoms with Crippen molar-refractivity contribution in [3.63, 3.8) is 0 Å². The molecular weight excluding hydrogens is 194 g/mol. The molecule has 1 aromatic heterocycles. The summed E-state index contributed by atoms with van der Waals surface area (Å²) >= 11 is 0. The van der Waals surface area contributed by atoms with Crippen LogP contribution in [0.15, 0.2) is 18.6 Å². The zero-order valence-electron chi connectivity index (χ0n) is 8.77. The molecule has 0 amide bonds. The van der Waals surface area contributed by atoms with Crippen molar-refractivity contribution in [3.05, 3.63) is 24.3 Å². The summed E-state index contributed by atoms with van der Waals surface area (Å²) in [6.07, 6.45) is 4.45. The second kappa shape index (κ2) is 6.89. The largest absolute Gasteiger partial charge is 0.469 e. The summed E-state index contributed by atoms with van der Waals surface area (Å²) in [5.41, 5.74) is 0.947. The number of methoxy groups -OCH3 is 1. The van der Waals surface area contributed by atoms with Gasteiger partial charge in [-0.25, -0.2) is 9.97 Å². The molecular formula is C10H15N3O2. The molecule has 1 rings (SSSR count). The first-order valence-electron chi connectivity index (χ1n) is 4.85. The highest BCUT2D eigenvalue weighted by Crippen LogP contribution is 1.92. The molecule has 0 spiro atoms. The first-order valence-corrected chi connectivity index (χ1v) is 4.85. The lowest BCUT2D eigenvalue weighted by molar-refractivity contribution is -0.140. The number of ether oxygens (including phenoxy) is 1. The Bertz CT molecular complexity index is 290. The van der Waals surface area contributed by atoms with Gasteiger partial charge in [-0.2, -0.15) is 0 Å². The van der Waals surface area contributed by atoms with E-state index in [2.05, 4.69) is 20.0 Å². The molecule has 0 aliphatic heterocycles. The van der Waals surface area contributed by atoms with E-state index in [-0.39, 0.29) is 5.97 Å². The fourth-order valence-corrected chi connectivity index (χ4v) is 1.10. The molecule has 0 atom stereocenters. The van der Waals surface area contributed by atoms with Gasteiger partial charge in [0.1, 0.15) is 6.33 Å². The van der Waals surface area contributed by atoms with Crippen molar-refractivity contribution in [1.82, 2.24) is 15.3 Å². The highest BCUT2D eigenvalue weighted by molar-refractivity contribution is 5.69. The van der Waals surface area contributed by atoms with Crippen molar-refractivity contribution < 1.29 is 9.53 Å². The van der Waals surface area contributed by atoms with E-state index >= 15 is 0 Å². The molecule has 1 aromatic rings. The Balaban J connectivity index is 2.05. The third-order valence-corrected chi connectivity index (χ3v) is 1.91. The number of rotatable bonds is 6. The number of nitrogens with zero attached hydrogens (tertiary/aromatic N) is 2. The first-order chi connectivity index (χ1) is 7.33. The number of esters is 1. The van der Waals surface area contributed by atoms with E-state index in [0.29, 0.717) is 13.0 Å². The third-order valence-electron chi connectivity index (χ3n) is 1.91. The monoisotopic (exact) mass is 209 g/mol. The Morgan fingerprint density at radius 1 is 1.60 bits per heavy atom. The highest BCUT2D eigenvalue weighted by atomic mass is 16.5. The van der Waals surface area contributed by atoms with E-state index in [1.807, 2.05) is 6.07 Å². The van der Waals surface area contributed by atoms with E-state index in [1.54, 1.807) is 6.20 Å². The molecule has 0 radical (unpaired) electrons. The Hall–Kier alpha value is -1.49. The number of carbonyl (C=O) groups is 1. The van der Waals surface area contributed by atoms with Crippen molar-refractivity contribution in [3.8, 4) is 0 Å². The lowest BCUT2D eigenvalue weighted by atomic mass is 10.3. The van der Waals surface area contributed by atoms with E-state index in [9.17, 15) is 4.79 Å². The van der Waals surface area contributed by atoms with Crippen LogP contribution in [0.25, 0.3) is 0 Å². The molecule has 0 aliphatic rings. The van der Waals surface area contributed by atoms with E-state index < -0.39 is 0 Å². The van der Waals surface area contributed by atoms with Crippen LogP contribution in [0.1, 0.15) is 18.5 Å². The first kappa shape index (κ1) is 11.6. The van der Waals surface area contributed by atoms with Gasteiger partial charge in [-0.3, -0.25) is 4.79 Å². The number of hydrogen-bond donors (Lipinski definition) is 1. The normalized spacial score (nSPS) is 9.93. The standard InChI is InChI=1S/C10H15N3O2/c1-15-10(14)3-2-5-11-7-9-4-6-12-8-13-9/h4,6,8,11H,2-3,5,7H2,1H3. The molecule has 0 bridgehead atoms. The molecule has 82 valence electrons. The predicted molar refractivity (Wildman–Crippen MR) is 55.0 cm³/mol. The molecule has 5 nitrogen and oxygen atoms in total. The average molecular weight is 209 g/mol. The highest BCUT2D eigenvalue weighted by Gasteiger charge is 1.98. The molecule has 0 unspecified atom stereocenters. The van der Waals surface area contributed by atoms with Gasteiger partial charge in [-0.1, -0.05) is 0 Å². The number of carbonyl (C=O) groups excluding carboxylic acids is 1. The van der Waals surface area contributed by atoms with Crippen molar-refractivity contribution >= 4 is 5.97 Å². The van der Waals surface area contributed by atoms with Crippen molar-refractivity contribution in [2.75, 3.05) is 13.7 Å². The van der Waals surface area contributed by atoms with Gasteiger partial charge >= 0.3 is 5.97 Å². The van der Waals surface area contributed by atoms with Crippen LogP contribution >= 0.6 is 0 Å². The molecule has 0 aromatic carbocycles. The van der Waals surface area contributed by atoms with Crippen LogP contribution in [0.3, 0.4) is 0 Å². The maximum Gasteiger partial charge on any atom is 0.305 e. The second-order valence-corrected chi connectivity index (χ2v) is 3.06. The van der Waals surface area contributed by atoms with Gasteiger partial charge in [0.2, 0.25) is 0 Å². The SMILES string of the molecule is COC(=O)CCCNCc1ccncn1. The Labute approximate surface area is 88.9 Å². The van der Waals surface area contributed by atoms with Crippen molar-refractivity contribution in [2.24, 2.45) is 0 Å². The van der Waals surface area contributed by atoms with Gasteiger partial charge in [0.25, 0.3) is 0 Å². The lowest BCUT2D eigenvalue weighted by Gasteiger charge is -2.03. The third kappa shape index (κ3) is 5.07. The minimum atomic E-state index is -0.168. The zero-order valence-corrected chi connectivity index (χ0v) is 8.77. The molecule has 1 heterocycles. The topological polar surface area (TPSA) is 64.1 Å². The number of hydrogen-bond acceptors (Lipinski definition) is 5.